The molecule has 1 N–H and O–H groups in total. The van der Waals surface area contributed by atoms with Crippen LogP contribution in [0.1, 0.15) is 18.1 Å². The van der Waals surface area contributed by atoms with Crippen LogP contribution in [0.2, 0.25) is 5.02 Å². The Labute approximate surface area is 226 Å². The first-order chi connectivity index (χ1) is 18.3. The average molecular weight is 548 g/mol. The van der Waals surface area contributed by atoms with E-state index in [-0.39, 0.29) is 12.2 Å². The number of carbonyl (C=O) groups is 1. The molecule has 2 heterocycles. The highest BCUT2D eigenvalue weighted by atomic mass is 35.5. The summed E-state index contributed by atoms with van der Waals surface area (Å²) >= 11 is 7.50. The quantitative estimate of drug-likeness (QED) is 0.151. The molecule has 10 heteroatoms. The molecule has 0 atom stereocenters. The van der Waals surface area contributed by atoms with Crippen molar-refractivity contribution >= 4 is 57.0 Å². The van der Waals surface area contributed by atoms with Gasteiger partial charge in [-0.2, -0.15) is 0 Å². The van der Waals surface area contributed by atoms with Crippen LogP contribution in [0.15, 0.2) is 85.9 Å². The molecule has 0 aliphatic carbocycles. The second-order valence-corrected chi connectivity index (χ2v) is 9.85. The number of nitrogens with one attached hydrogen (secondary N) is 1. The lowest BCUT2D eigenvalue weighted by Gasteiger charge is -2.14. The number of hydrogen-bond donors (Lipinski definition) is 1. The van der Waals surface area contributed by atoms with Gasteiger partial charge >= 0.3 is 11.7 Å². The summed E-state index contributed by atoms with van der Waals surface area (Å²) in [4.78, 5) is 42.5. The molecule has 5 aromatic rings. The predicted octanol–water partition coefficient (Wildman–Crippen LogP) is 6.31. The smallest absolute Gasteiger partial charge is 0.411 e. The number of nitrogens with zero attached hydrogens (tertiary/aromatic N) is 2. The minimum absolute atomic E-state index is 0.217. The molecule has 0 bridgehead atoms. The van der Waals surface area contributed by atoms with Crippen molar-refractivity contribution in [2.24, 2.45) is 0 Å². The summed E-state index contributed by atoms with van der Waals surface area (Å²) in [6, 6.07) is 19.0. The van der Waals surface area contributed by atoms with Crippen molar-refractivity contribution in [3.05, 3.63) is 104 Å². The number of amides is 1. The minimum atomic E-state index is -0.600. The molecule has 0 aliphatic rings. The third kappa shape index (κ3) is 5.29. The second kappa shape index (κ2) is 10.7. The fourth-order valence-electron chi connectivity index (χ4n) is 4.01. The number of fused-ring (bicyclic) bond motifs is 2. The molecular weight excluding hydrogens is 526 g/mol. The summed E-state index contributed by atoms with van der Waals surface area (Å²) in [5, 5.41) is 4.68. The van der Waals surface area contributed by atoms with Gasteiger partial charge in [0.1, 0.15) is 5.58 Å². The topological polar surface area (TPSA) is 103 Å². The number of halogens is 1. The molecule has 1 amide bonds. The predicted molar refractivity (Wildman–Crippen MR) is 150 cm³/mol. The molecule has 2 aromatic heterocycles. The van der Waals surface area contributed by atoms with E-state index in [1.54, 1.807) is 47.9 Å². The Hall–Kier alpha value is -4.08. The summed E-state index contributed by atoms with van der Waals surface area (Å²) in [6.07, 6.45) is -0.600. The molecule has 0 radical (unpaired) electrons. The maximum absolute atomic E-state index is 13.6. The number of aromatic nitrogens is 2. The molecule has 0 saturated carbocycles. The molecule has 38 heavy (non-hydrogen) atoms. The molecule has 0 aliphatic heterocycles. The Bertz CT molecular complexity index is 1800. The van der Waals surface area contributed by atoms with E-state index in [1.165, 1.54) is 17.8 Å². The van der Waals surface area contributed by atoms with E-state index in [9.17, 15) is 14.4 Å². The fourth-order valence-corrected chi connectivity index (χ4v) is 5.18. The van der Waals surface area contributed by atoms with Gasteiger partial charge in [-0.05, 0) is 61.9 Å². The number of hydrogen-bond acceptors (Lipinski definition) is 7. The van der Waals surface area contributed by atoms with Gasteiger partial charge in [0, 0.05) is 34.0 Å². The summed E-state index contributed by atoms with van der Waals surface area (Å²) in [7, 11) is 0. The van der Waals surface area contributed by atoms with Crippen LogP contribution in [0.5, 0.6) is 0 Å². The van der Waals surface area contributed by atoms with Gasteiger partial charge in [0.15, 0.2) is 5.16 Å². The van der Waals surface area contributed by atoms with E-state index >= 15 is 0 Å². The van der Waals surface area contributed by atoms with Crippen LogP contribution in [0.4, 0.5) is 10.5 Å². The van der Waals surface area contributed by atoms with Crippen molar-refractivity contribution in [2.75, 3.05) is 11.9 Å². The van der Waals surface area contributed by atoms with Crippen molar-refractivity contribution in [2.45, 2.75) is 24.8 Å². The number of anilines is 1. The maximum Gasteiger partial charge on any atom is 0.411 e. The molecule has 3 aromatic carbocycles. The zero-order valence-electron chi connectivity index (χ0n) is 20.5. The van der Waals surface area contributed by atoms with E-state index in [0.717, 1.165) is 5.56 Å². The largest absolute Gasteiger partial charge is 0.450 e. The molecule has 0 fully saturated rings. The normalized spacial score (nSPS) is 11.1. The SMILES string of the molecule is CCOC(=O)Nc1ccc2c(CSc3nc4cc(Cl)ccc4c(=O)n3-c3ccc(C)cc3)cc(=O)oc2c1. The van der Waals surface area contributed by atoms with Gasteiger partial charge in [0.25, 0.3) is 5.56 Å². The Balaban J connectivity index is 1.55. The van der Waals surface area contributed by atoms with Crippen LogP contribution >= 0.6 is 23.4 Å². The van der Waals surface area contributed by atoms with Gasteiger partial charge in [0.2, 0.25) is 0 Å². The number of rotatable bonds is 6. The van der Waals surface area contributed by atoms with Crippen LogP contribution in [-0.2, 0) is 10.5 Å². The summed E-state index contributed by atoms with van der Waals surface area (Å²) in [5.41, 5.74) is 2.93. The molecule has 5 rings (SSSR count). The van der Waals surface area contributed by atoms with Crippen LogP contribution in [0, 0.1) is 6.92 Å². The maximum atomic E-state index is 13.6. The third-order valence-corrected chi connectivity index (χ3v) is 7.02. The zero-order chi connectivity index (χ0) is 26.8. The minimum Gasteiger partial charge on any atom is -0.450 e. The highest BCUT2D eigenvalue weighted by molar-refractivity contribution is 7.98. The Kier molecular flexibility index (Phi) is 7.22. The molecule has 0 unspecified atom stereocenters. The number of carbonyl (C=O) groups excluding carboxylic acids is 1. The first-order valence-electron chi connectivity index (χ1n) is 11.7. The van der Waals surface area contributed by atoms with Crippen LogP contribution in [-0.4, -0.2) is 22.3 Å². The van der Waals surface area contributed by atoms with Gasteiger partial charge < -0.3 is 9.15 Å². The first kappa shape index (κ1) is 25.6. The van der Waals surface area contributed by atoms with Crippen LogP contribution < -0.4 is 16.5 Å². The highest BCUT2D eigenvalue weighted by Gasteiger charge is 2.16. The summed E-state index contributed by atoms with van der Waals surface area (Å²) in [6.45, 7) is 3.92. The molecule has 0 saturated heterocycles. The summed E-state index contributed by atoms with van der Waals surface area (Å²) in [5.74, 6) is 0.330. The number of thioether (sulfide) groups is 1. The third-order valence-electron chi connectivity index (χ3n) is 5.80. The van der Waals surface area contributed by atoms with Gasteiger partial charge in [-0.25, -0.2) is 14.6 Å². The lowest BCUT2D eigenvalue weighted by atomic mass is 10.1. The fraction of sp³-hybridized carbons (Fsp3) is 0.143. The van der Waals surface area contributed by atoms with Crippen LogP contribution in [0.25, 0.3) is 27.6 Å². The zero-order valence-corrected chi connectivity index (χ0v) is 22.1. The van der Waals surface area contributed by atoms with Crippen molar-refractivity contribution < 1.29 is 13.9 Å². The van der Waals surface area contributed by atoms with Crippen molar-refractivity contribution in [1.29, 1.82) is 0 Å². The Morgan fingerprint density at radius 3 is 2.58 bits per heavy atom. The van der Waals surface area contributed by atoms with E-state index in [1.807, 2.05) is 31.2 Å². The van der Waals surface area contributed by atoms with Crippen molar-refractivity contribution in [3.8, 4) is 5.69 Å². The number of aryl methyl sites for hydroxylation is 1. The first-order valence-corrected chi connectivity index (χ1v) is 13.1. The molecule has 192 valence electrons. The number of benzene rings is 3. The molecular formula is C28H22ClN3O5S. The lowest BCUT2D eigenvalue weighted by molar-refractivity contribution is 0.168. The Morgan fingerprint density at radius 2 is 1.82 bits per heavy atom. The van der Waals surface area contributed by atoms with Crippen molar-refractivity contribution in [1.82, 2.24) is 9.55 Å². The van der Waals surface area contributed by atoms with E-state index < -0.39 is 11.7 Å². The van der Waals surface area contributed by atoms with E-state index in [2.05, 4.69) is 5.32 Å². The molecule has 8 nitrogen and oxygen atoms in total. The summed E-state index contributed by atoms with van der Waals surface area (Å²) < 4.78 is 11.9. The average Bonchev–Trinajstić information content (AvgIpc) is 2.87. The second-order valence-electron chi connectivity index (χ2n) is 8.47. The van der Waals surface area contributed by atoms with E-state index in [0.29, 0.717) is 54.7 Å². The van der Waals surface area contributed by atoms with Crippen LogP contribution in [0.3, 0.4) is 0 Å². The van der Waals surface area contributed by atoms with Gasteiger partial charge in [-0.15, -0.1) is 0 Å². The Morgan fingerprint density at radius 1 is 1.05 bits per heavy atom. The standard InChI is InChI=1S/C28H22ClN3O5S/c1-3-36-28(35)30-19-7-11-21-17(12-25(33)37-24(21)14-19)15-38-27-31-23-13-18(29)6-10-22(23)26(34)32(27)20-8-4-16(2)5-9-20/h4-14H,3,15H2,1-2H3,(H,30,35). The lowest BCUT2D eigenvalue weighted by Crippen LogP contribution is -2.21. The van der Waals surface area contributed by atoms with E-state index in [4.69, 9.17) is 25.7 Å². The molecule has 0 spiro atoms. The van der Waals surface area contributed by atoms with Gasteiger partial charge in [-0.1, -0.05) is 41.1 Å². The van der Waals surface area contributed by atoms with Crippen molar-refractivity contribution in [3.63, 3.8) is 0 Å². The highest BCUT2D eigenvalue weighted by Crippen LogP contribution is 2.29. The van der Waals surface area contributed by atoms with Gasteiger partial charge in [0.05, 0.1) is 23.2 Å². The van der Waals surface area contributed by atoms with Gasteiger partial charge in [-0.3, -0.25) is 14.7 Å². The number of ether oxygens (including phenoxy) is 1. The monoisotopic (exact) mass is 547 g/mol.